The molecule has 1 aromatic carbocycles. The second kappa shape index (κ2) is 9.57. The number of carbonyl (C=O) groups excluding carboxylic acids is 1. The molecule has 0 aliphatic rings. The standard InChI is InChI=1S/C27H30N6O/c1-6-25(34)33-21-10-18(13-29-17(2)27(3,4)5)9-19(11-21)20-12-22-23(15-31-26(22)30-14-20)24-7-8-28-16-32-24/h6-12,14-17,29H,1,13H2,2-5H3,(H,30,31)(H,33,34). The van der Waals surface area contributed by atoms with E-state index >= 15 is 0 Å². The molecule has 0 spiro atoms. The number of amides is 1. The Morgan fingerprint density at radius 3 is 2.71 bits per heavy atom. The van der Waals surface area contributed by atoms with Gasteiger partial charge in [-0.3, -0.25) is 4.79 Å². The summed E-state index contributed by atoms with van der Waals surface area (Å²) in [5, 5.41) is 7.47. The topological polar surface area (TPSA) is 95.6 Å². The Balaban J connectivity index is 1.73. The van der Waals surface area contributed by atoms with Gasteiger partial charge in [0.1, 0.15) is 12.0 Å². The Hall–Kier alpha value is -3.84. The second-order valence-electron chi connectivity index (χ2n) is 9.50. The Kier molecular flexibility index (Phi) is 6.56. The van der Waals surface area contributed by atoms with Crippen LogP contribution < -0.4 is 10.6 Å². The van der Waals surface area contributed by atoms with Gasteiger partial charge in [0, 0.05) is 53.4 Å². The van der Waals surface area contributed by atoms with Gasteiger partial charge in [0.15, 0.2) is 0 Å². The molecule has 0 radical (unpaired) electrons. The zero-order valence-corrected chi connectivity index (χ0v) is 20.0. The van der Waals surface area contributed by atoms with Crippen molar-refractivity contribution in [1.82, 2.24) is 25.3 Å². The zero-order valence-electron chi connectivity index (χ0n) is 20.0. The minimum atomic E-state index is -0.246. The van der Waals surface area contributed by atoms with E-state index in [9.17, 15) is 4.79 Å². The lowest BCUT2D eigenvalue weighted by atomic mass is 9.88. The first-order valence-electron chi connectivity index (χ1n) is 11.3. The molecule has 1 atom stereocenters. The van der Waals surface area contributed by atoms with Crippen LogP contribution in [0.2, 0.25) is 0 Å². The van der Waals surface area contributed by atoms with Gasteiger partial charge in [-0.05, 0) is 59.9 Å². The Bertz CT molecular complexity index is 1320. The van der Waals surface area contributed by atoms with Crippen LogP contribution in [0.25, 0.3) is 33.4 Å². The smallest absolute Gasteiger partial charge is 0.247 e. The predicted molar refractivity (Wildman–Crippen MR) is 137 cm³/mol. The lowest BCUT2D eigenvalue weighted by Gasteiger charge is -2.28. The SMILES string of the molecule is C=CC(=O)Nc1cc(CNC(C)C(C)(C)C)cc(-c2cnc3[nH]cc(-c4ccncn4)c3c2)c1. The third-order valence-electron chi connectivity index (χ3n) is 6.08. The highest BCUT2D eigenvalue weighted by molar-refractivity contribution is 5.99. The van der Waals surface area contributed by atoms with Gasteiger partial charge >= 0.3 is 0 Å². The van der Waals surface area contributed by atoms with Gasteiger partial charge in [-0.25, -0.2) is 15.0 Å². The lowest BCUT2D eigenvalue weighted by molar-refractivity contribution is -0.111. The summed E-state index contributed by atoms with van der Waals surface area (Å²) >= 11 is 0. The minimum Gasteiger partial charge on any atom is -0.345 e. The molecule has 4 aromatic rings. The van der Waals surface area contributed by atoms with E-state index in [1.54, 1.807) is 6.20 Å². The molecule has 7 nitrogen and oxygen atoms in total. The van der Waals surface area contributed by atoms with E-state index in [4.69, 9.17) is 0 Å². The normalized spacial score (nSPS) is 12.5. The molecule has 0 fully saturated rings. The van der Waals surface area contributed by atoms with E-state index in [1.807, 2.05) is 30.6 Å². The number of aromatic nitrogens is 4. The van der Waals surface area contributed by atoms with Crippen LogP contribution in [0, 0.1) is 5.41 Å². The quantitative estimate of drug-likeness (QED) is 0.328. The summed E-state index contributed by atoms with van der Waals surface area (Å²) in [5.74, 6) is -0.246. The van der Waals surface area contributed by atoms with Crippen LogP contribution in [0.5, 0.6) is 0 Å². The number of hydrogen-bond acceptors (Lipinski definition) is 5. The molecule has 3 N–H and O–H groups in total. The first-order chi connectivity index (χ1) is 16.2. The number of hydrogen-bond donors (Lipinski definition) is 3. The van der Waals surface area contributed by atoms with E-state index in [2.05, 4.69) is 77.0 Å². The van der Waals surface area contributed by atoms with Crippen LogP contribution in [0.4, 0.5) is 5.69 Å². The molecule has 0 bridgehead atoms. The molecule has 0 aliphatic heterocycles. The number of nitrogens with zero attached hydrogens (tertiary/aromatic N) is 3. The molecule has 1 unspecified atom stereocenters. The monoisotopic (exact) mass is 454 g/mol. The summed E-state index contributed by atoms with van der Waals surface area (Å²) in [6.07, 6.45) is 8.28. The maximum atomic E-state index is 12.0. The van der Waals surface area contributed by atoms with Gasteiger partial charge in [-0.15, -0.1) is 0 Å². The van der Waals surface area contributed by atoms with E-state index in [1.165, 1.54) is 12.4 Å². The first-order valence-corrected chi connectivity index (χ1v) is 11.3. The minimum absolute atomic E-state index is 0.137. The molecule has 3 heterocycles. The number of pyridine rings is 1. The first kappa shape index (κ1) is 23.3. The van der Waals surface area contributed by atoms with Crippen LogP contribution in [-0.4, -0.2) is 31.9 Å². The molecular weight excluding hydrogens is 424 g/mol. The van der Waals surface area contributed by atoms with E-state index in [0.29, 0.717) is 18.3 Å². The molecule has 4 rings (SSSR count). The fourth-order valence-corrected chi connectivity index (χ4v) is 3.63. The second-order valence-corrected chi connectivity index (χ2v) is 9.50. The highest BCUT2D eigenvalue weighted by Gasteiger charge is 2.19. The van der Waals surface area contributed by atoms with Crippen molar-refractivity contribution < 1.29 is 4.79 Å². The summed E-state index contributed by atoms with van der Waals surface area (Å²) in [6, 6.07) is 10.4. The molecule has 0 saturated heterocycles. The van der Waals surface area contributed by atoms with Gasteiger partial charge in [0.25, 0.3) is 0 Å². The average Bonchev–Trinajstić information content (AvgIpc) is 3.25. The van der Waals surface area contributed by atoms with Crippen molar-refractivity contribution in [3.8, 4) is 22.4 Å². The van der Waals surface area contributed by atoms with Gasteiger partial charge in [0.05, 0.1) is 5.69 Å². The molecule has 3 aromatic heterocycles. The molecule has 34 heavy (non-hydrogen) atoms. The summed E-state index contributed by atoms with van der Waals surface area (Å²) in [6.45, 7) is 13.1. The van der Waals surface area contributed by atoms with Crippen molar-refractivity contribution in [3.05, 3.63) is 73.5 Å². The van der Waals surface area contributed by atoms with E-state index < -0.39 is 0 Å². The summed E-state index contributed by atoms with van der Waals surface area (Å²) in [7, 11) is 0. The van der Waals surface area contributed by atoms with Crippen LogP contribution >= 0.6 is 0 Å². The lowest BCUT2D eigenvalue weighted by Crippen LogP contribution is -2.37. The Labute approximate surface area is 199 Å². The van der Waals surface area contributed by atoms with Crippen molar-refractivity contribution in [2.24, 2.45) is 5.41 Å². The fourth-order valence-electron chi connectivity index (χ4n) is 3.63. The van der Waals surface area contributed by atoms with Crippen LogP contribution in [0.1, 0.15) is 33.3 Å². The van der Waals surface area contributed by atoms with Crippen LogP contribution in [0.3, 0.4) is 0 Å². The number of H-pyrrole nitrogens is 1. The highest BCUT2D eigenvalue weighted by Crippen LogP contribution is 2.31. The molecule has 7 heteroatoms. The molecule has 0 aliphatic carbocycles. The van der Waals surface area contributed by atoms with Crippen molar-refractivity contribution in [1.29, 1.82) is 0 Å². The number of nitrogens with one attached hydrogen (secondary N) is 3. The Morgan fingerprint density at radius 2 is 2.00 bits per heavy atom. The molecule has 174 valence electrons. The number of anilines is 1. The fraction of sp³-hybridized carbons (Fsp3) is 0.259. The number of benzene rings is 1. The third-order valence-corrected chi connectivity index (χ3v) is 6.08. The van der Waals surface area contributed by atoms with Gasteiger partial charge in [0.2, 0.25) is 5.91 Å². The molecule has 0 saturated carbocycles. The van der Waals surface area contributed by atoms with Crippen LogP contribution in [-0.2, 0) is 11.3 Å². The zero-order chi connectivity index (χ0) is 24.3. The predicted octanol–water partition coefficient (Wildman–Crippen LogP) is 5.34. The Morgan fingerprint density at radius 1 is 1.18 bits per heavy atom. The van der Waals surface area contributed by atoms with E-state index in [0.717, 1.165) is 39.0 Å². The van der Waals surface area contributed by atoms with E-state index in [-0.39, 0.29) is 11.3 Å². The molecular formula is C27H30N6O. The average molecular weight is 455 g/mol. The van der Waals surface area contributed by atoms with Crippen molar-refractivity contribution >= 4 is 22.6 Å². The number of fused-ring (bicyclic) bond motifs is 1. The largest absolute Gasteiger partial charge is 0.345 e. The summed E-state index contributed by atoms with van der Waals surface area (Å²) < 4.78 is 0. The summed E-state index contributed by atoms with van der Waals surface area (Å²) in [4.78, 5) is 28.2. The number of carbonyl (C=O) groups is 1. The maximum absolute atomic E-state index is 12.0. The van der Waals surface area contributed by atoms with Crippen molar-refractivity contribution in [2.75, 3.05) is 5.32 Å². The number of rotatable bonds is 7. The van der Waals surface area contributed by atoms with Gasteiger partial charge in [-0.2, -0.15) is 0 Å². The van der Waals surface area contributed by atoms with Crippen LogP contribution in [0.15, 0.2) is 67.9 Å². The number of aromatic amines is 1. The highest BCUT2D eigenvalue weighted by atomic mass is 16.1. The third kappa shape index (κ3) is 5.21. The molecule has 1 amide bonds. The van der Waals surface area contributed by atoms with Gasteiger partial charge < -0.3 is 15.6 Å². The maximum Gasteiger partial charge on any atom is 0.247 e. The van der Waals surface area contributed by atoms with Crippen molar-refractivity contribution in [2.45, 2.75) is 40.3 Å². The van der Waals surface area contributed by atoms with Gasteiger partial charge in [-0.1, -0.05) is 27.4 Å². The summed E-state index contributed by atoms with van der Waals surface area (Å²) in [5.41, 5.74) is 6.41. The van der Waals surface area contributed by atoms with Crippen molar-refractivity contribution in [3.63, 3.8) is 0 Å².